The van der Waals surface area contributed by atoms with Crippen molar-refractivity contribution in [3.05, 3.63) is 0 Å². The van der Waals surface area contributed by atoms with Crippen LogP contribution in [-0.4, -0.2) is 35.4 Å². The fourth-order valence-corrected chi connectivity index (χ4v) is 2.65. The van der Waals surface area contributed by atoms with Crippen LogP contribution in [0.4, 0.5) is 4.79 Å². The van der Waals surface area contributed by atoms with Crippen LogP contribution in [0.3, 0.4) is 0 Å². The van der Waals surface area contributed by atoms with Gasteiger partial charge in [-0.05, 0) is 42.7 Å². The normalized spacial score (nSPS) is 12.9. The molecule has 0 bridgehead atoms. The summed E-state index contributed by atoms with van der Waals surface area (Å²) in [4.78, 5) is 21.9. The van der Waals surface area contributed by atoms with E-state index in [1.54, 1.807) is 20.8 Å². The van der Waals surface area contributed by atoms with Crippen LogP contribution >= 0.6 is 30.3 Å². The number of ether oxygens (including phenoxy) is 1. The Morgan fingerprint density at radius 1 is 1.50 bits per heavy atom. The third-order valence-electron chi connectivity index (χ3n) is 2.21. The van der Waals surface area contributed by atoms with Crippen molar-refractivity contribution in [2.24, 2.45) is 0 Å². The van der Waals surface area contributed by atoms with Gasteiger partial charge in [-0.1, -0.05) is 0 Å². The highest BCUT2D eigenvalue weighted by atomic mass is 127. The molecule has 0 aromatic rings. The molecular weight excluding hydrogens is 371 g/mol. The van der Waals surface area contributed by atoms with Crippen LogP contribution in [0, 0.1) is 0 Å². The van der Waals surface area contributed by atoms with E-state index in [4.69, 9.17) is 9.84 Å². The minimum atomic E-state index is -1.05. The number of carbonyl (C=O) groups excluding carboxylic acids is 1. The van der Waals surface area contributed by atoms with Gasteiger partial charge < -0.3 is 15.2 Å². The summed E-state index contributed by atoms with van der Waals surface area (Å²) in [5.41, 5.74) is -0.514. The van der Waals surface area contributed by atoms with Gasteiger partial charge in [-0.25, -0.2) is 9.52 Å². The molecule has 1 unspecified atom stereocenters. The van der Waals surface area contributed by atoms with Crippen molar-refractivity contribution in [3.8, 4) is 0 Å². The van der Waals surface area contributed by atoms with Crippen LogP contribution in [0.25, 0.3) is 0 Å². The zero-order valence-electron chi connectivity index (χ0n) is 10.7. The first-order valence-electron chi connectivity index (χ1n) is 5.49. The molecule has 1 amide bonds. The van der Waals surface area contributed by atoms with Crippen LogP contribution in [0.5, 0.6) is 0 Å². The Hall–Kier alpha value is -0.220. The summed E-state index contributed by atoms with van der Waals surface area (Å²) in [7, 11) is 1.33. The highest BCUT2D eigenvalue weighted by Crippen LogP contribution is 2.11. The fraction of sp³-hybridized carbons (Fsp3) is 0.800. The van der Waals surface area contributed by atoms with Crippen LogP contribution in [0.1, 0.15) is 33.6 Å². The van der Waals surface area contributed by atoms with Crippen LogP contribution in [0.2, 0.25) is 0 Å². The van der Waals surface area contributed by atoms with E-state index in [0.717, 1.165) is 0 Å². The number of halogens is 1. The first-order valence-corrected chi connectivity index (χ1v) is 8.85. The lowest BCUT2D eigenvalue weighted by atomic mass is 9.99. The number of carbonyl (C=O) groups is 2. The van der Waals surface area contributed by atoms with Crippen molar-refractivity contribution in [1.82, 2.24) is 10.0 Å². The zero-order chi connectivity index (χ0) is 14.2. The molecule has 0 heterocycles. The third-order valence-corrected chi connectivity index (χ3v) is 3.42. The van der Waals surface area contributed by atoms with Gasteiger partial charge in [0.25, 0.3) is 0 Å². The lowest BCUT2D eigenvalue weighted by molar-refractivity contribution is -0.145. The maximum Gasteiger partial charge on any atom is 0.405 e. The summed E-state index contributed by atoms with van der Waals surface area (Å²) in [5, 5.41) is 11.0. The molecule has 0 aromatic carbocycles. The molecular formula is C10H19IN2O4S. The number of nitrogens with one attached hydrogen (secondary N) is 2. The monoisotopic (exact) mass is 390 g/mol. The molecule has 0 radical (unpaired) electrons. The average Bonchev–Trinajstić information content (AvgIpc) is 2.22. The van der Waals surface area contributed by atoms with Crippen molar-refractivity contribution in [1.29, 1.82) is 0 Å². The van der Waals surface area contributed by atoms with Crippen molar-refractivity contribution in [2.75, 3.05) is 6.61 Å². The van der Waals surface area contributed by atoms with Crippen LogP contribution < -0.4 is 10.0 Å². The van der Waals surface area contributed by atoms with Gasteiger partial charge in [0.05, 0.1) is 6.61 Å². The van der Waals surface area contributed by atoms with E-state index in [0.29, 0.717) is 19.4 Å². The second-order valence-electron chi connectivity index (χ2n) is 4.50. The van der Waals surface area contributed by atoms with Crippen molar-refractivity contribution in [3.63, 3.8) is 0 Å². The maximum atomic E-state index is 11.4. The molecule has 106 valence electrons. The van der Waals surface area contributed by atoms with E-state index < -0.39 is 11.6 Å². The van der Waals surface area contributed by atoms with E-state index in [1.807, 2.05) is 21.2 Å². The molecule has 8 heteroatoms. The number of esters is 1. The van der Waals surface area contributed by atoms with Gasteiger partial charge in [0.1, 0.15) is 6.04 Å². The number of rotatable bonds is 8. The van der Waals surface area contributed by atoms with E-state index >= 15 is 0 Å². The Balaban J connectivity index is 3.79. The molecule has 0 aromatic heterocycles. The molecule has 3 N–H and O–H groups in total. The molecule has 0 rings (SSSR count). The van der Waals surface area contributed by atoms with E-state index in [-0.39, 0.29) is 12.0 Å². The summed E-state index contributed by atoms with van der Waals surface area (Å²) in [6.07, 6.45) is 0.173. The van der Waals surface area contributed by atoms with Gasteiger partial charge in [0.15, 0.2) is 0 Å². The van der Waals surface area contributed by atoms with Gasteiger partial charge in [-0.3, -0.25) is 4.79 Å². The van der Waals surface area contributed by atoms with Crippen molar-refractivity contribution < 1.29 is 19.4 Å². The molecule has 0 fully saturated rings. The molecule has 18 heavy (non-hydrogen) atoms. The average molecular weight is 390 g/mol. The highest BCUT2D eigenvalue weighted by Gasteiger charge is 2.20. The van der Waals surface area contributed by atoms with Crippen molar-refractivity contribution >= 4 is 42.4 Å². The Bertz CT molecular complexity index is 289. The van der Waals surface area contributed by atoms with E-state index in [1.165, 1.54) is 9.12 Å². The summed E-state index contributed by atoms with van der Waals surface area (Å²) in [6, 6.07) is -0.350. The van der Waals surface area contributed by atoms with Crippen molar-refractivity contribution in [2.45, 2.75) is 45.2 Å². The first-order chi connectivity index (χ1) is 8.28. The van der Waals surface area contributed by atoms with Gasteiger partial charge in [0, 0.05) is 26.7 Å². The predicted octanol–water partition coefficient (Wildman–Crippen LogP) is 2.33. The summed E-state index contributed by atoms with van der Waals surface area (Å²) in [6.45, 7) is 5.60. The van der Waals surface area contributed by atoms with Crippen LogP contribution in [-0.2, 0) is 9.53 Å². The molecule has 0 aliphatic carbocycles. The zero-order valence-corrected chi connectivity index (χ0v) is 13.6. The quantitative estimate of drug-likeness (QED) is 0.255. The van der Waals surface area contributed by atoms with Gasteiger partial charge >= 0.3 is 12.1 Å². The minimum Gasteiger partial charge on any atom is -0.465 e. The molecule has 0 saturated carbocycles. The second kappa shape index (κ2) is 8.81. The predicted molar refractivity (Wildman–Crippen MR) is 79.6 cm³/mol. The molecule has 6 nitrogen and oxygen atoms in total. The SMILES string of the molecule is CC(NSI)C(=O)OCCCC(C)(C)NC(=O)O. The fourth-order valence-electron chi connectivity index (χ4n) is 1.28. The molecule has 0 aliphatic heterocycles. The summed E-state index contributed by atoms with van der Waals surface area (Å²) < 4.78 is 7.93. The second-order valence-corrected chi connectivity index (χ2v) is 6.21. The number of hydrogen-bond donors (Lipinski definition) is 3. The van der Waals surface area contributed by atoms with E-state index in [9.17, 15) is 9.59 Å². The molecule has 0 spiro atoms. The Morgan fingerprint density at radius 3 is 2.61 bits per heavy atom. The summed E-state index contributed by atoms with van der Waals surface area (Å²) in [5.74, 6) is -0.303. The molecule has 0 saturated heterocycles. The highest BCUT2D eigenvalue weighted by molar-refractivity contribution is 14.2. The lowest BCUT2D eigenvalue weighted by Crippen LogP contribution is -2.42. The van der Waals surface area contributed by atoms with E-state index in [2.05, 4.69) is 10.0 Å². The van der Waals surface area contributed by atoms with Crippen LogP contribution in [0.15, 0.2) is 0 Å². The Morgan fingerprint density at radius 2 is 2.11 bits per heavy atom. The maximum absolute atomic E-state index is 11.4. The van der Waals surface area contributed by atoms with Gasteiger partial charge in [0.2, 0.25) is 0 Å². The number of hydrogen-bond acceptors (Lipinski definition) is 5. The summed E-state index contributed by atoms with van der Waals surface area (Å²) >= 11 is 2.04. The minimum absolute atomic E-state index is 0.293. The topological polar surface area (TPSA) is 87.7 Å². The van der Waals surface area contributed by atoms with Gasteiger partial charge in [-0.2, -0.15) is 0 Å². The Kier molecular flexibility index (Phi) is 8.70. The third kappa shape index (κ3) is 8.81. The Labute approximate surface area is 123 Å². The standard InChI is InChI=1S/C10H19IN2O4S/c1-7(13-18-11)8(14)17-6-4-5-10(2,3)12-9(15)16/h7,12-13H,4-6H2,1-3H3,(H,15,16). The lowest BCUT2D eigenvalue weighted by Gasteiger charge is -2.24. The van der Waals surface area contributed by atoms with Gasteiger partial charge in [-0.15, -0.1) is 0 Å². The largest absolute Gasteiger partial charge is 0.465 e. The molecule has 1 atom stereocenters. The first kappa shape index (κ1) is 17.8. The molecule has 0 aliphatic rings. The number of amides is 1. The smallest absolute Gasteiger partial charge is 0.405 e. The number of carboxylic acid groups (broad SMARTS) is 1.